The van der Waals surface area contributed by atoms with Gasteiger partial charge in [-0.1, -0.05) is 42.5 Å². The van der Waals surface area contributed by atoms with Crippen LogP contribution < -0.4 is 19.8 Å². The van der Waals surface area contributed by atoms with Crippen LogP contribution in [0.2, 0.25) is 0 Å². The molecule has 188 valence electrons. The van der Waals surface area contributed by atoms with Crippen LogP contribution in [-0.2, 0) is 0 Å². The molecule has 5 aromatic rings. The number of hydrogen-bond donors (Lipinski definition) is 0. The van der Waals surface area contributed by atoms with E-state index in [0.717, 1.165) is 5.56 Å². The maximum atomic E-state index is 13.3. The van der Waals surface area contributed by atoms with Crippen LogP contribution in [0.15, 0.2) is 107 Å². The first-order valence-electron chi connectivity index (χ1n) is 11.7. The largest absolute Gasteiger partial charge is 0.497 e. The Bertz CT molecular complexity index is 1690. The Kier molecular flexibility index (Phi) is 6.95. The van der Waals surface area contributed by atoms with Crippen molar-refractivity contribution in [3.8, 4) is 28.6 Å². The van der Waals surface area contributed by atoms with Gasteiger partial charge in [-0.3, -0.25) is 4.79 Å². The first-order valence-corrected chi connectivity index (χ1v) is 11.7. The number of para-hydroxylation sites is 1. The molecule has 0 radical (unpaired) electrons. The molecule has 1 aromatic heterocycles. The molecule has 0 saturated carbocycles. The molecule has 0 bridgehead atoms. The monoisotopic (exact) mass is 505 g/mol. The number of benzene rings is 4. The van der Waals surface area contributed by atoms with Gasteiger partial charge in [0.25, 0.3) is 5.56 Å². The molecule has 0 aliphatic heterocycles. The van der Waals surface area contributed by atoms with E-state index in [1.54, 1.807) is 67.8 Å². The Morgan fingerprint density at radius 1 is 0.842 bits per heavy atom. The first kappa shape index (κ1) is 24.5. The number of carbonyl (C=O) groups excluding carboxylic acids is 1. The van der Waals surface area contributed by atoms with Gasteiger partial charge in [0.05, 0.1) is 36.9 Å². The molecule has 0 fully saturated rings. The fourth-order valence-electron chi connectivity index (χ4n) is 3.86. The first-order chi connectivity index (χ1) is 18.6. The minimum atomic E-state index is -0.534. The molecule has 0 amide bonds. The zero-order valence-corrected chi connectivity index (χ0v) is 20.7. The van der Waals surface area contributed by atoms with Crippen LogP contribution in [0, 0.1) is 0 Å². The smallest absolute Gasteiger partial charge is 0.343 e. The second kappa shape index (κ2) is 10.8. The highest BCUT2D eigenvalue weighted by atomic mass is 16.6. The van der Waals surface area contributed by atoms with Crippen molar-refractivity contribution in [3.05, 3.63) is 119 Å². The quantitative estimate of drug-likeness (QED) is 0.172. The highest BCUT2D eigenvalue weighted by Crippen LogP contribution is 2.29. The summed E-state index contributed by atoms with van der Waals surface area (Å²) in [5.74, 6) is 1.11. The SMILES string of the molecule is COc1ccc(C(=O)Oc2ccc(C=Nn3c(-c4ccccc4)nc4ccccc4c3=O)cc2OC)cc1. The Morgan fingerprint density at radius 2 is 1.58 bits per heavy atom. The topological polar surface area (TPSA) is 92.0 Å². The van der Waals surface area contributed by atoms with Crippen molar-refractivity contribution in [3.63, 3.8) is 0 Å². The molecule has 8 heteroatoms. The summed E-state index contributed by atoms with van der Waals surface area (Å²) in [4.78, 5) is 30.6. The normalized spacial score (nSPS) is 11.0. The van der Waals surface area contributed by atoms with E-state index in [0.29, 0.717) is 39.4 Å². The van der Waals surface area contributed by atoms with E-state index in [-0.39, 0.29) is 11.3 Å². The van der Waals surface area contributed by atoms with E-state index < -0.39 is 5.97 Å². The Morgan fingerprint density at radius 3 is 2.32 bits per heavy atom. The van der Waals surface area contributed by atoms with Crippen LogP contribution in [0.4, 0.5) is 0 Å². The van der Waals surface area contributed by atoms with Crippen molar-refractivity contribution in [1.82, 2.24) is 9.66 Å². The molecule has 0 spiro atoms. The summed E-state index contributed by atoms with van der Waals surface area (Å²) in [6, 6.07) is 28.1. The molecule has 0 saturated heterocycles. The minimum absolute atomic E-state index is 0.250. The lowest BCUT2D eigenvalue weighted by molar-refractivity contribution is 0.0729. The molecule has 0 aliphatic carbocycles. The fraction of sp³-hybridized carbons (Fsp3) is 0.0667. The zero-order chi connectivity index (χ0) is 26.5. The summed E-state index contributed by atoms with van der Waals surface area (Å²) in [6.45, 7) is 0. The Labute approximate surface area is 218 Å². The lowest BCUT2D eigenvalue weighted by Crippen LogP contribution is -2.20. The summed E-state index contributed by atoms with van der Waals surface area (Å²) >= 11 is 0. The summed E-state index contributed by atoms with van der Waals surface area (Å²) in [5, 5.41) is 4.93. The lowest BCUT2D eigenvalue weighted by atomic mass is 10.2. The fourth-order valence-corrected chi connectivity index (χ4v) is 3.86. The maximum absolute atomic E-state index is 13.3. The van der Waals surface area contributed by atoms with Crippen molar-refractivity contribution in [2.75, 3.05) is 14.2 Å². The standard InChI is InChI=1S/C30H23N3O5/c1-36-23-15-13-22(14-16-23)30(35)38-26-17-12-20(18-27(26)37-2)19-31-33-28(21-8-4-3-5-9-21)32-25-11-7-6-10-24(25)29(33)34/h3-19H,1-2H3. The Balaban J connectivity index is 1.47. The molecular formula is C30H23N3O5. The lowest BCUT2D eigenvalue weighted by Gasteiger charge is -2.11. The minimum Gasteiger partial charge on any atom is -0.497 e. The number of hydrogen-bond acceptors (Lipinski definition) is 7. The third-order valence-electron chi connectivity index (χ3n) is 5.82. The van der Waals surface area contributed by atoms with Gasteiger partial charge in [0.15, 0.2) is 17.3 Å². The van der Waals surface area contributed by atoms with Crippen LogP contribution in [-0.4, -0.2) is 36.1 Å². The van der Waals surface area contributed by atoms with Crippen LogP contribution in [0.5, 0.6) is 17.2 Å². The molecule has 0 aliphatic rings. The van der Waals surface area contributed by atoms with Gasteiger partial charge in [0.2, 0.25) is 0 Å². The third-order valence-corrected chi connectivity index (χ3v) is 5.82. The van der Waals surface area contributed by atoms with Crippen LogP contribution in [0.3, 0.4) is 0 Å². The van der Waals surface area contributed by atoms with Gasteiger partial charge in [0.1, 0.15) is 5.75 Å². The molecule has 38 heavy (non-hydrogen) atoms. The summed E-state index contributed by atoms with van der Waals surface area (Å²) in [7, 11) is 3.03. The number of esters is 1. The van der Waals surface area contributed by atoms with Gasteiger partial charge in [-0.05, 0) is 60.2 Å². The zero-order valence-electron chi connectivity index (χ0n) is 20.7. The third kappa shape index (κ3) is 5.01. The van der Waals surface area contributed by atoms with Crippen molar-refractivity contribution in [1.29, 1.82) is 0 Å². The van der Waals surface area contributed by atoms with Crippen molar-refractivity contribution in [2.45, 2.75) is 0 Å². The highest BCUT2D eigenvalue weighted by Gasteiger charge is 2.14. The summed E-state index contributed by atoms with van der Waals surface area (Å²) in [5.41, 5.74) is 2.06. The van der Waals surface area contributed by atoms with E-state index in [4.69, 9.17) is 19.2 Å². The average Bonchev–Trinajstić information content (AvgIpc) is 2.97. The van der Waals surface area contributed by atoms with Crippen molar-refractivity contribution in [2.24, 2.45) is 5.10 Å². The maximum Gasteiger partial charge on any atom is 0.343 e. The highest BCUT2D eigenvalue weighted by molar-refractivity contribution is 5.92. The summed E-state index contributed by atoms with van der Waals surface area (Å²) < 4.78 is 17.4. The number of aromatic nitrogens is 2. The summed E-state index contributed by atoms with van der Waals surface area (Å²) in [6.07, 6.45) is 1.53. The molecule has 4 aromatic carbocycles. The molecular weight excluding hydrogens is 482 g/mol. The number of carbonyl (C=O) groups is 1. The Hall–Kier alpha value is -5.24. The van der Waals surface area contributed by atoms with Gasteiger partial charge in [-0.2, -0.15) is 9.78 Å². The molecule has 8 nitrogen and oxygen atoms in total. The van der Waals surface area contributed by atoms with E-state index in [2.05, 4.69) is 5.10 Å². The van der Waals surface area contributed by atoms with Gasteiger partial charge >= 0.3 is 5.97 Å². The number of fused-ring (bicyclic) bond motifs is 1. The van der Waals surface area contributed by atoms with Crippen LogP contribution in [0.25, 0.3) is 22.3 Å². The second-order valence-corrected chi connectivity index (χ2v) is 8.21. The van der Waals surface area contributed by atoms with E-state index >= 15 is 0 Å². The molecule has 0 unspecified atom stereocenters. The molecule has 1 heterocycles. The van der Waals surface area contributed by atoms with Crippen molar-refractivity contribution < 1.29 is 19.0 Å². The molecule has 5 rings (SSSR count). The average molecular weight is 506 g/mol. The van der Waals surface area contributed by atoms with Crippen LogP contribution >= 0.6 is 0 Å². The number of methoxy groups -OCH3 is 2. The van der Waals surface area contributed by atoms with Gasteiger partial charge in [0, 0.05) is 5.56 Å². The number of ether oxygens (including phenoxy) is 3. The van der Waals surface area contributed by atoms with Crippen LogP contribution in [0.1, 0.15) is 15.9 Å². The van der Waals surface area contributed by atoms with Gasteiger partial charge < -0.3 is 14.2 Å². The van der Waals surface area contributed by atoms with E-state index in [1.807, 2.05) is 36.4 Å². The van der Waals surface area contributed by atoms with Crippen molar-refractivity contribution >= 4 is 23.1 Å². The second-order valence-electron chi connectivity index (χ2n) is 8.21. The number of nitrogens with zero attached hydrogens (tertiary/aromatic N) is 3. The van der Waals surface area contributed by atoms with E-state index in [1.165, 1.54) is 18.0 Å². The number of rotatable bonds is 7. The van der Waals surface area contributed by atoms with Gasteiger partial charge in [-0.25, -0.2) is 9.78 Å². The van der Waals surface area contributed by atoms with E-state index in [9.17, 15) is 9.59 Å². The molecule has 0 atom stereocenters. The predicted molar refractivity (Wildman–Crippen MR) is 145 cm³/mol. The predicted octanol–water partition coefficient (Wildman–Crippen LogP) is 5.18. The molecule has 0 N–H and O–H groups in total. The van der Waals surface area contributed by atoms with Gasteiger partial charge in [-0.15, -0.1) is 0 Å².